The number of hydrogen-bond acceptors (Lipinski definition) is 8. The third kappa shape index (κ3) is 3.82. The summed E-state index contributed by atoms with van der Waals surface area (Å²) in [6, 6.07) is 7.97. The SMILES string of the molecule is COc1ccc(OC)c(-c2nc3sccn3c2-c2ccnc(N[C@@H]3CCCNC3)n2)c1. The fourth-order valence-corrected chi connectivity index (χ4v) is 4.65. The smallest absolute Gasteiger partial charge is 0.223 e. The average Bonchev–Trinajstić information content (AvgIpc) is 3.41. The van der Waals surface area contributed by atoms with E-state index in [1.54, 1.807) is 31.8 Å². The van der Waals surface area contributed by atoms with Gasteiger partial charge in [-0.15, -0.1) is 11.3 Å². The van der Waals surface area contributed by atoms with E-state index in [1.807, 2.05) is 35.8 Å². The van der Waals surface area contributed by atoms with Gasteiger partial charge in [-0.05, 0) is 43.7 Å². The number of rotatable bonds is 6. The number of benzene rings is 1. The van der Waals surface area contributed by atoms with Crippen LogP contribution in [-0.4, -0.2) is 52.7 Å². The molecule has 0 radical (unpaired) electrons. The monoisotopic (exact) mass is 436 g/mol. The topological polar surface area (TPSA) is 85.6 Å². The number of thiazole rings is 1. The molecular formula is C22H24N6O2S. The van der Waals surface area contributed by atoms with Crippen molar-refractivity contribution in [1.82, 2.24) is 24.7 Å². The highest BCUT2D eigenvalue weighted by Gasteiger charge is 2.22. The lowest BCUT2D eigenvalue weighted by atomic mass is 10.1. The number of piperidine rings is 1. The predicted octanol–water partition coefficient (Wildman–Crippen LogP) is 3.70. The molecule has 8 nitrogen and oxygen atoms in total. The molecule has 3 aromatic heterocycles. The highest BCUT2D eigenvalue weighted by molar-refractivity contribution is 7.15. The molecule has 0 saturated carbocycles. The van der Waals surface area contributed by atoms with Crippen molar-refractivity contribution in [2.24, 2.45) is 0 Å². The lowest BCUT2D eigenvalue weighted by Crippen LogP contribution is -2.38. The van der Waals surface area contributed by atoms with Crippen LogP contribution in [-0.2, 0) is 0 Å². The fourth-order valence-electron chi connectivity index (χ4n) is 3.94. The molecule has 1 atom stereocenters. The van der Waals surface area contributed by atoms with Crippen molar-refractivity contribution in [2.45, 2.75) is 18.9 Å². The Kier molecular flexibility index (Phi) is 5.44. The van der Waals surface area contributed by atoms with Crippen LogP contribution in [0.4, 0.5) is 5.95 Å². The number of aromatic nitrogens is 4. The summed E-state index contributed by atoms with van der Waals surface area (Å²) in [5.41, 5.74) is 3.35. The highest BCUT2D eigenvalue weighted by Crippen LogP contribution is 2.39. The van der Waals surface area contributed by atoms with Gasteiger partial charge in [0.2, 0.25) is 5.95 Å². The number of anilines is 1. The van der Waals surface area contributed by atoms with Crippen molar-refractivity contribution in [3.8, 4) is 34.1 Å². The lowest BCUT2D eigenvalue weighted by molar-refractivity contribution is 0.404. The van der Waals surface area contributed by atoms with Crippen LogP contribution in [0.2, 0.25) is 0 Å². The normalized spacial score (nSPS) is 16.4. The number of fused-ring (bicyclic) bond motifs is 1. The third-order valence-corrected chi connectivity index (χ3v) is 6.21. The number of nitrogens with one attached hydrogen (secondary N) is 2. The van der Waals surface area contributed by atoms with Crippen LogP contribution in [0.25, 0.3) is 27.6 Å². The molecule has 0 amide bonds. The number of imidazole rings is 1. The molecule has 2 N–H and O–H groups in total. The van der Waals surface area contributed by atoms with Gasteiger partial charge in [0, 0.05) is 35.9 Å². The summed E-state index contributed by atoms with van der Waals surface area (Å²) in [7, 11) is 3.31. The molecular weight excluding hydrogens is 412 g/mol. The number of nitrogens with zero attached hydrogens (tertiary/aromatic N) is 4. The van der Waals surface area contributed by atoms with Gasteiger partial charge in [-0.3, -0.25) is 4.40 Å². The zero-order chi connectivity index (χ0) is 21.2. The van der Waals surface area contributed by atoms with E-state index in [4.69, 9.17) is 19.4 Å². The Morgan fingerprint density at radius 2 is 2.13 bits per heavy atom. The highest BCUT2D eigenvalue weighted by atomic mass is 32.1. The molecule has 0 unspecified atom stereocenters. The van der Waals surface area contributed by atoms with E-state index < -0.39 is 0 Å². The Morgan fingerprint density at radius 1 is 1.19 bits per heavy atom. The van der Waals surface area contributed by atoms with Crippen molar-refractivity contribution in [1.29, 1.82) is 0 Å². The first-order valence-electron chi connectivity index (χ1n) is 10.3. The Bertz CT molecular complexity index is 1200. The van der Waals surface area contributed by atoms with E-state index >= 15 is 0 Å². The minimum atomic E-state index is 0.327. The Balaban J connectivity index is 1.61. The largest absolute Gasteiger partial charge is 0.497 e. The molecule has 0 aliphatic carbocycles. The second kappa shape index (κ2) is 8.52. The lowest BCUT2D eigenvalue weighted by Gasteiger charge is -2.23. The molecule has 4 heterocycles. The van der Waals surface area contributed by atoms with Gasteiger partial charge in [-0.2, -0.15) is 0 Å². The van der Waals surface area contributed by atoms with E-state index in [9.17, 15) is 0 Å². The summed E-state index contributed by atoms with van der Waals surface area (Å²) in [5.74, 6) is 2.10. The van der Waals surface area contributed by atoms with Gasteiger partial charge in [0.05, 0.1) is 19.9 Å². The first-order valence-corrected chi connectivity index (χ1v) is 11.1. The second-order valence-corrected chi connectivity index (χ2v) is 8.26. The third-order valence-electron chi connectivity index (χ3n) is 5.45. The quantitative estimate of drug-likeness (QED) is 0.477. The van der Waals surface area contributed by atoms with Gasteiger partial charge in [-0.25, -0.2) is 15.0 Å². The maximum absolute atomic E-state index is 5.63. The average molecular weight is 437 g/mol. The Morgan fingerprint density at radius 3 is 2.94 bits per heavy atom. The molecule has 1 saturated heterocycles. The molecule has 1 aromatic carbocycles. The number of ether oxygens (including phenoxy) is 2. The zero-order valence-electron chi connectivity index (χ0n) is 17.5. The first kappa shape index (κ1) is 19.8. The Labute approximate surface area is 184 Å². The molecule has 4 aromatic rings. The van der Waals surface area contributed by atoms with Crippen LogP contribution < -0.4 is 20.1 Å². The van der Waals surface area contributed by atoms with Gasteiger partial charge < -0.3 is 20.1 Å². The van der Waals surface area contributed by atoms with E-state index in [2.05, 4.69) is 20.0 Å². The van der Waals surface area contributed by atoms with Crippen molar-refractivity contribution < 1.29 is 9.47 Å². The predicted molar refractivity (Wildman–Crippen MR) is 122 cm³/mol. The summed E-state index contributed by atoms with van der Waals surface area (Å²) in [5, 5.41) is 8.90. The summed E-state index contributed by atoms with van der Waals surface area (Å²) >= 11 is 1.58. The van der Waals surface area contributed by atoms with Gasteiger partial charge in [0.25, 0.3) is 0 Å². The van der Waals surface area contributed by atoms with E-state index in [-0.39, 0.29) is 0 Å². The van der Waals surface area contributed by atoms with Gasteiger partial charge in [-0.1, -0.05) is 0 Å². The van der Waals surface area contributed by atoms with Crippen LogP contribution in [0.5, 0.6) is 11.5 Å². The summed E-state index contributed by atoms with van der Waals surface area (Å²) in [6.45, 7) is 1.98. The van der Waals surface area contributed by atoms with Crippen LogP contribution in [0.15, 0.2) is 42.0 Å². The van der Waals surface area contributed by atoms with Crippen LogP contribution in [0.3, 0.4) is 0 Å². The molecule has 1 aliphatic heterocycles. The fraction of sp³-hybridized carbons (Fsp3) is 0.318. The minimum Gasteiger partial charge on any atom is -0.497 e. The maximum Gasteiger partial charge on any atom is 0.223 e. The van der Waals surface area contributed by atoms with E-state index in [1.165, 1.54) is 0 Å². The molecule has 5 rings (SSSR count). The summed E-state index contributed by atoms with van der Waals surface area (Å²) in [6.07, 6.45) is 6.06. The summed E-state index contributed by atoms with van der Waals surface area (Å²) < 4.78 is 13.1. The van der Waals surface area contributed by atoms with Gasteiger partial charge in [0.15, 0.2) is 4.96 Å². The molecule has 31 heavy (non-hydrogen) atoms. The standard InChI is InChI=1S/C22H24N6O2S/c1-29-15-5-6-18(30-2)16(12-15)19-20(28-10-11-31-22(28)27-19)17-7-9-24-21(26-17)25-14-4-3-8-23-13-14/h5-7,9-12,14,23H,3-4,8,13H2,1-2H3,(H,24,25,26)/t14-/m1/s1. The van der Waals surface area contributed by atoms with Crippen molar-refractivity contribution in [3.63, 3.8) is 0 Å². The van der Waals surface area contributed by atoms with Crippen LogP contribution in [0.1, 0.15) is 12.8 Å². The molecule has 1 fully saturated rings. The minimum absolute atomic E-state index is 0.327. The number of hydrogen-bond donors (Lipinski definition) is 2. The molecule has 9 heteroatoms. The number of methoxy groups -OCH3 is 2. The summed E-state index contributed by atoms with van der Waals surface area (Å²) in [4.78, 5) is 15.1. The van der Waals surface area contributed by atoms with Crippen molar-refractivity contribution in [3.05, 3.63) is 42.0 Å². The van der Waals surface area contributed by atoms with Gasteiger partial charge in [0.1, 0.15) is 22.9 Å². The van der Waals surface area contributed by atoms with Crippen LogP contribution >= 0.6 is 11.3 Å². The second-order valence-electron chi connectivity index (χ2n) is 7.38. The zero-order valence-corrected chi connectivity index (χ0v) is 18.3. The Hall–Kier alpha value is -3.17. The van der Waals surface area contributed by atoms with Crippen molar-refractivity contribution >= 4 is 22.2 Å². The van der Waals surface area contributed by atoms with Crippen molar-refractivity contribution in [2.75, 3.05) is 32.6 Å². The maximum atomic E-state index is 5.63. The molecule has 1 aliphatic rings. The van der Waals surface area contributed by atoms with E-state index in [0.29, 0.717) is 12.0 Å². The molecule has 0 spiro atoms. The molecule has 0 bridgehead atoms. The van der Waals surface area contributed by atoms with Gasteiger partial charge >= 0.3 is 0 Å². The first-order chi connectivity index (χ1) is 15.3. The van der Waals surface area contributed by atoms with Crippen LogP contribution in [0, 0.1) is 0 Å². The molecule has 160 valence electrons. The van der Waals surface area contributed by atoms with E-state index in [0.717, 1.165) is 65.0 Å².